The van der Waals surface area contributed by atoms with E-state index in [2.05, 4.69) is 10.3 Å². The second-order valence-electron chi connectivity index (χ2n) is 7.79. The molecular weight excluding hydrogens is 412 g/mol. The van der Waals surface area contributed by atoms with Gasteiger partial charge < -0.3 is 19.5 Å². The molecule has 2 atom stereocenters. The van der Waals surface area contributed by atoms with Crippen LogP contribution in [0.25, 0.3) is 0 Å². The molecule has 2 rings (SSSR count). The number of rotatable bonds is 9. The van der Waals surface area contributed by atoms with Crippen LogP contribution in [0.5, 0.6) is 11.5 Å². The number of pyridine rings is 1. The van der Waals surface area contributed by atoms with E-state index in [0.29, 0.717) is 0 Å². The molecule has 0 aliphatic carbocycles. The van der Waals surface area contributed by atoms with Gasteiger partial charge in [-0.05, 0) is 25.0 Å². The van der Waals surface area contributed by atoms with Crippen molar-refractivity contribution < 1.29 is 28.6 Å². The zero-order chi connectivity index (χ0) is 23.8. The number of hydrogen-bond donors (Lipinski definition) is 1. The number of aromatic nitrogens is 1. The Bertz CT molecular complexity index is 973. The molecule has 172 valence electrons. The Morgan fingerprint density at radius 3 is 2.38 bits per heavy atom. The molecular formula is C24H30N2O6. The first-order valence-corrected chi connectivity index (χ1v) is 10.4. The molecule has 0 saturated carbocycles. The van der Waals surface area contributed by atoms with Gasteiger partial charge in [0.2, 0.25) is 5.75 Å². The third kappa shape index (κ3) is 6.29. The Balaban J connectivity index is 2.03. The van der Waals surface area contributed by atoms with E-state index in [1.165, 1.54) is 19.4 Å². The number of amides is 1. The van der Waals surface area contributed by atoms with Crippen molar-refractivity contribution in [3.8, 4) is 11.5 Å². The van der Waals surface area contributed by atoms with Gasteiger partial charge in [0.25, 0.3) is 5.91 Å². The minimum absolute atomic E-state index is 0.0158. The molecule has 0 radical (unpaired) electrons. The van der Waals surface area contributed by atoms with Gasteiger partial charge in [0.15, 0.2) is 11.4 Å². The van der Waals surface area contributed by atoms with E-state index < -0.39 is 29.9 Å². The van der Waals surface area contributed by atoms with Crippen LogP contribution in [-0.4, -0.2) is 42.6 Å². The Hall–Kier alpha value is -3.42. The van der Waals surface area contributed by atoms with Crippen LogP contribution in [0.4, 0.5) is 0 Å². The first kappa shape index (κ1) is 24.8. The predicted octanol–water partition coefficient (Wildman–Crippen LogP) is 3.43. The van der Waals surface area contributed by atoms with E-state index in [-0.39, 0.29) is 29.7 Å². The lowest BCUT2D eigenvalue weighted by atomic mass is 9.92. The molecule has 1 aromatic heterocycles. The zero-order valence-electron chi connectivity index (χ0n) is 19.3. The second kappa shape index (κ2) is 11.3. The maximum absolute atomic E-state index is 12.6. The first-order chi connectivity index (χ1) is 15.1. The Kier molecular flexibility index (Phi) is 8.75. The first-order valence-electron chi connectivity index (χ1n) is 10.4. The highest BCUT2D eigenvalue weighted by atomic mass is 16.6. The van der Waals surface area contributed by atoms with Gasteiger partial charge in [-0.15, -0.1) is 0 Å². The number of nitrogens with one attached hydrogen (secondary N) is 1. The number of carbonyl (C=O) groups is 3. The van der Waals surface area contributed by atoms with Gasteiger partial charge in [-0.25, -0.2) is 4.98 Å². The van der Waals surface area contributed by atoms with Crippen LogP contribution in [0.15, 0.2) is 36.5 Å². The largest absolute Gasteiger partial charge is 0.493 e. The number of ether oxygens (including phenoxy) is 3. The second-order valence-corrected chi connectivity index (χ2v) is 7.79. The maximum atomic E-state index is 12.6. The van der Waals surface area contributed by atoms with E-state index >= 15 is 0 Å². The lowest BCUT2D eigenvalue weighted by Crippen LogP contribution is -2.34. The molecule has 2 aromatic rings. The molecule has 1 aromatic carbocycles. The quantitative estimate of drug-likeness (QED) is 0.593. The van der Waals surface area contributed by atoms with Gasteiger partial charge in [-0.1, -0.05) is 45.0 Å². The molecule has 1 amide bonds. The summed E-state index contributed by atoms with van der Waals surface area (Å²) < 4.78 is 16.0. The summed E-state index contributed by atoms with van der Waals surface area (Å²) in [6.07, 6.45) is 0.961. The zero-order valence-corrected chi connectivity index (χ0v) is 19.3. The van der Waals surface area contributed by atoms with Crippen molar-refractivity contribution in [3.05, 3.63) is 53.3 Å². The predicted molar refractivity (Wildman–Crippen MR) is 119 cm³/mol. The van der Waals surface area contributed by atoms with Crippen LogP contribution < -0.4 is 14.8 Å². The third-order valence-electron chi connectivity index (χ3n) is 5.07. The van der Waals surface area contributed by atoms with Crippen molar-refractivity contribution in [1.82, 2.24) is 10.3 Å². The fraction of sp³-hybridized carbons (Fsp3) is 0.417. The minimum Gasteiger partial charge on any atom is -0.493 e. The highest BCUT2D eigenvalue weighted by Crippen LogP contribution is 2.30. The van der Waals surface area contributed by atoms with E-state index in [0.717, 1.165) is 11.1 Å². The summed E-state index contributed by atoms with van der Waals surface area (Å²) in [5.41, 5.74) is 2.05. The normalized spacial score (nSPS) is 12.6. The number of aryl methyl sites for hydroxylation is 1. The highest BCUT2D eigenvalue weighted by molar-refractivity contribution is 5.98. The molecule has 0 spiro atoms. The van der Waals surface area contributed by atoms with E-state index in [9.17, 15) is 14.4 Å². The Morgan fingerprint density at radius 2 is 1.75 bits per heavy atom. The van der Waals surface area contributed by atoms with Gasteiger partial charge in [0, 0.05) is 18.2 Å². The summed E-state index contributed by atoms with van der Waals surface area (Å²) in [5, 5.41) is 2.47. The number of methoxy groups -OCH3 is 1. The fourth-order valence-corrected chi connectivity index (χ4v) is 3.01. The standard InChI is InChI=1S/C24H30N2O6/c1-14(2)24(29)32-22-19(30-6)11-12-25-21(22)23(28)26-13-20(27)31-17(5)16(4)18-10-8-7-9-15(18)3/h7-12,14,16-17H,13H2,1-6H3,(H,26,28)/t16-,17-/m0/s1. The van der Waals surface area contributed by atoms with Crippen LogP contribution in [-0.2, 0) is 14.3 Å². The highest BCUT2D eigenvalue weighted by Gasteiger charge is 2.24. The summed E-state index contributed by atoms with van der Waals surface area (Å²) in [7, 11) is 1.39. The maximum Gasteiger partial charge on any atom is 0.325 e. The molecule has 1 heterocycles. The van der Waals surface area contributed by atoms with Crippen LogP contribution >= 0.6 is 0 Å². The summed E-state index contributed by atoms with van der Waals surface area (Å²) >= 11 is 0. The Labute approximate surface area is 188 Å². The van der Waals surface area contributed by atoms with Crippen molar-refractivity contribution in [2.45, 2.75) is 46.6 Å². The number of esters is 2. The topological polar surface area (TPSA) is 104 Å². The smallest absolute Gasteiger partial charge is 0.325 e. The van der Waals surface area contributed by atoms with Crippen LogP contribution in [0.2, 0.25) is 0 Å². The number of nitrogens with zero attached hydrogens (tertiary/aromatic N) is 1. The summed E-state index contributed by atoms with van der Waals surface area (Å²) in [4.78, 5) is 41.0. The van der Waals surface area contributed by atoms with E-state index in [4.69, 9.17) is 14.2 Å². The molecule has 0 unspecified atom stereocenters. The van der Waals surface area contributed by atoms with E-state index in [1.807, 2.05) is 45.0 Å². The lowest BCUT2D eigenvalue weighted by molar-refractivity contribution is -0.147. The third-order valence-corrected chi connectivity index (χ3v) is 5.07. The van der Waals surface area contributed by atoms with Crippen LogP contribution in [0.3, 0.4) is 0 Å². The number of hydrogen-bond acceptors (Lipinski definition) is 7. The number of benzene rings is 1. The summed E-state index contributed by atoms with van der Waals surface area (Å²) in [5.74, 6) is -2.16. The lowest BCUT2D eigenvalue weighted by Gasteiger charge is -2.22. The van der Waals surface area contributed by atoms with Crippen molar-refractivity contribution in [2.75, 3.05) is 13.7 Å². The molecule has 0 aliphatic rings. The average molecular weight is 443 g/mol. The molecule has 0 aliphatic heterocycles. The van der Waals surface area contributed by atoms with Gasteiger partial charge >= 0.3 is 11.9 Å². The summed E-state index contributed by atoms with van der Waals surface area (Å²) in [6, 6.07) is 9.38. The SMILES string of the molecule is COc1ccnc(C(=O)NCC(=O)O[C@@H](C)[C@H](C)c2ccccc2C)c1OC(=O)C(C)C. The van der Waals surface area contributed by atoms with Gasteiger partial charge in [0.1, 0.15) is 12.6 Å². The minimum atomic E-state index is -0.688. The van der Waals surface area contributed by atoms with Crippen LogP contribution in [0.1, 0.15) is 55.2 Å². The number of carbonyl (C=O) groups excluding carboxylic acids is 3. The molecule has 32 heavy (non-hydrogen) atoms. The van der Waals surface area contributed by atoms with Crippen molar-refractivity contribution in [1.29, 1.82) is 0 Å². The van der Waals surface area contributed by atoms with Gasteiger partial charge in [-0.2, -0.15) is 0 Å². The molecule has 0 bridgehead atoms. The molecule has 8 heteroatoms. The van der Waals surface area contributed by atoms with Gasteiger partial charge in [0.05, 0.1) is 13.0 Å². The Morgan fingerprint density at radius 1 is 1.06 bits per heavy atom. The molecule has 8 nitrogen and oxygen atoms in total. The average Bonchev–Trinajstić information content (AvgIpc) is 2.77. The molecule has 1 N–H and O–H groups in total. The van der Waals surface area contributed by atoms with E-state index in [1.54, 1.807) is 13.8 Å². The van der Waals surface area contributed by atoms with Gasteiger partial charge in [-0.3, -0.25) is 14.4 Å². The molecule has 0 saturated heterocycles. The summed E-state index contributed by atoms with van der Waals surface area (Å²) in [6.45, 7) is 8.77. The van der Waals surface area contributed by atoms with Crippen molar-refractivity contribution in [3.63, 3.8) is 0 Å². The monoisotopic (exact) mass is 442 g/mol. The van der Waals surface area contributed by atoms with Crippen molar-refractivity contribution >= 4 is 17.8 Å². The molecule has 0 fully saturated rings. The van der Waals surface area contributed by atoms with Crippen LogP contribution in [0, 0.1) is 12.8 Å². The fourth-order valence-electron chi connectivity index (χ4n) is 3.01. The van der Waals surface area contributed by atoms with Crippen molar-refractivity contribution in [2.24, 2.45) is 5.92 Å².